The number of nitrogens with zero attached hydrogens (tertiary/aromatic N) is 1. The first-order valence-electron chi connectivity index (χ1n) is 7.68. The Hall–Kier alpha value is -1.43. The molecule has 0 aromatic heterocycles. The van der Waals surface area contributed by atoms with E-state index >= 15 is 0 Å². The summed E-state index contributed by atoms with van der Waals surface area (Å²) >= 11 is 0. The molecule has 3 N–H and O–H groups in total. The summed E-state index contributed by atoms with van der Waals surface area (Å²) in [5.74, 6) is -0.100. The van der Waals surface area contributed by atoms with E-state index < -0.39 is 9.84 Å². The summed E-state index contributed by atoms with van der Waals surface area (Å²) in [5, 5.41) is 8.62. The van der Waals surface area contributed by atoms with Crippen molar-refractivity contribution in [2.45, 2.75) is 19.4 Å². The van der Waals surface area contributed by atoms with E-state index in [9.17, 15) is 17.6 Å². The van der Waals surface area contributed by atoms with Gasteiger partial charge in [0.25, 0.3) is 0 Å². The number of sulfone groups is 1. The van der Waals surface area contributed by atoms with Crippen LogP contribution in [0.15, 0.2) is 29.3 Å². The number of hydrogen-bond acceptors (Lipinski definition) is 4. The summed E-state index contributed by atoms with van der Waals surface area (Å²) in [6.07, 6.45) is 0.522. The van der Waals surface area contributed by atoms with Gasteiger partial charge in [0, 0.05) is 18.3 Å². The van der Waals surface area contributed by atoms with Crippen molar-refractivity contribution >= 4 is 51.4 Å². The third kappa shape index (κ3) is 7.55. The number of hydrogen-bond donors (Lipinski definition) is 3. The first-order chi connectivity index (χ1) is 11.4. The van der Waals surface area contributed by atoms with E-state index in [0.717, 1.165) is 0 Å². The molecule has 0 aliphatic carbocycles. The Kier molecular flexibility index (Phi) is 8.56. The van der Waals surface area contributed by atoms with Gasteiger partial charge in [-0.1, -0.05) is 0 Å². The van der Waals surface area contributed by atoms with Crippen LogP contribution in [0.2, 0.25) is 0 Å². The SMILES string of the molecule is CCNC(=NCC(=O)Nc1ccc(F)cc1)NC1CCS(=O)(=O)C1.I. The van der Waals surface area contributed by atoms with Gasteiger partial charge in [-0.3, -0.25) is 4.79 Å². The molecule has 1 aromatic carbocycles. The van der Waals surface area contributed by atoms with Gasteiger partial charge in [-0.25, -0.2) is 17.8 Å². The van der Waals surface area contributed by atoms with Crippen molar-refractivity contribution in [2.24, 2.45) is 4.99 Å². The second kappa shape index (κ2) is 9.90. The second-order valence-electron chi connectivity index (χ2n) is 5.49. The van der Waals surface area contributed by atoms with Gasteiger partial charge >= 0.3 is 0 Å². The van der Waals surface area contributed by atoms with Crippen molar-refractivity contribution in [2.75, 3.05) is 29.9 Å². The Morgan fingerprint density at radius 3 is 2.56 bits per heavy atom. The molecule has 0 saturated carbocycles. The highest BCUT2D eigenvalue weighted by Crippen LogP contribution is 2.11. The predicted octanol–water partition coefficient (Wildman–Crippen LogP) is 1.12. The van der Waals surface area contributed by atoms with Crippen molar-refractivity contribution in [3.05, 3.63) is 30.1 Å². The Bertz CT molecular complexity index is 710. The third-order valence-corrected chi connectivity index (χ3v) is 5.19. The Morgan fingerprint density at radius 1 is 1.32 bits per heavy atom. The number of nitrogens with one attached hydrogen (secondary N) is 3. The van der Waals surface area contributed by atoms with E-state index in [-0.39, 0.29) is 59.8 Å². The van der Waals surface area contributed by atoms with Gasteiger partial charge in [0.15, 0.2) is 15.8 Å². The molecule has 1 saturated heterocycles. The van der Waals surface area contributed by atoms with Crippen molar-refractivity contribution < 1.29 is 17.6 Å². The largest absolute Gasteiger partial charge is 0.357 e. The van der Waals surface area contributed by atoms with Crippen LogP contribution in [-0.2, 0) is 14.6 Å². The lowest BCUT2D eigenvalue weighted by Gasteiger charge is -2.15. The lowest BCUT2D eigenvalue weighted by atomic mass is 10.3. The third-order valence-electron chi connectivity index (χ3n) is 3.43. The standard InChI is InChI=1S/C15H21FN4O3S.HI/c1-2-17-15(20-13-7-8-24(22,23)10-13)18-9-14(21)19-12-5-3-11(16)4-6-12;/h3-6,13H,2,7-10H2,1H3,(H,19,21)(H2,17,18,20);1H. The van der Waals surface area contributed by atoms with Crippen LogP contribution in [0, 0.1) is 5.82 Å². The van der Waals surface area contributed by atoms with Crippen molar-refractivity contribution in [1.82, 2.24) is 10.6 Å². The highest BCUT2D eigenvalue weighted by molar-refractivity contribution is 14.0. The zero-order valence-electron chi connectivity index (χ0n) is 13.8. The van der Waals surface area contributed by atoms with Crippen molar-refractivity contribution in [3.8, 4) is 0 Å². The van der Waals surface area contributed by atoms with Gasteiger partial charge < -0.3 is 16.0 Å². The summed E-state index contributed by atoms with van der Waals surface area (Å²) in [5.41, 5.74) is 0.483. The zero-order valence-corrected chi connectivity index (χ0v) is 16.9. The number of halogens is 2. The number of rotatable bonds is 5. The predicted molar refractivity (Wildman–Crippen MR) is 107 cm³/mol. The lowest BCUT2D eigenvalue weighted by molar-refractivity contribution is -0.114. The van der Waals surface area contributed by atoms with Crippen LogP contribution in [0.4, 0.5) is 10.1 Å². The molecule has 7 nitrogen and oxygen atoms in total. The maximum atomic E-state index is 12.8. The van der Waals surface area contributed by atoms with E-state index in [2.05, 4.69) is 20.9 Å². The van der Waals surface area contributed by atoms with Crippen LogP contribution >= 0.6 is 24.0 Å². The Morgan fingerprint density at radius 2 is 2.00 bits per heavy atom. The number of carbonyl (C=O) groups is 1. The molecule has 10 heteroatoms. The molecule has 1 aliphatic rings. The molecule has 0 spiro atoms. The Balaban J connectivity index is 0.00000312. The first-order valence-corrected chi connectivity index (χ1v) is 9.51. The van der Waals surface area contributed by atoms with Gasteiger partial charge in [0.2, 0.25) is 5.91 Å². The molecule has 0 radical (unpaired) electrons. The molecule has 1 aromatic rings. The minimum atomic E-state index is -2.99. The van der Waals surface area contributed by atoms with E-state index in [1.165, 1.54) is 24.3 Å². The molecular weight excluding hydrogens is 462 g/mol. The van der Waals surface area contributed by atoms with E-state index in [1.54, 1.807) is 0 Å². The smallest absolute Gasteiger partial charge is 0.246 e. The second-order valence-corrected chi connectivity index (χ2v) is 7.72. The normalized spacial score (nSPS) is 19.0. The van der Waals surface area contributed by atoms with Gasteiger partial charge in [0.1, 0.15) is 12.4 Å². The number of benzene rings is 1. The number of aliphatic imine (C=N–C) groups is 1. The van der Waals surface area contributed by atoms with Crippen LogP contribution < -0.4 is 16.0 Å². The van der Waals surface area contributed by atoms with Crippen molar-refractivity contribution in [1.29, 1.82) is 0 Å². The molecule has 1 fully saturated rings. The molecule has 2 rings (SSSR count). The molecule has 1 heterocycles. The summed E-state index contributed by atoms with van der Waals surface area (Å²) in [6, 6.07) is 5.23. The maximum absolute atomic E-state index is 12.8. The fourth-order valence-electron chi connectivity index (χ4n) is 2.31. The molecule has 1 unspecified atom stereocenters. The average Bonchev–Trinajstić information content (AvgIpc) is 2.86. The summed E-state index contributed by atoms with van der Waals surface area (Å²) in [6.45, 7) is 2.33. The molecule has 1 amide bonds. The van der Waals surface area contributed by atoms with Crippen LogP contribution in [0.3, 0.4) is 0 Å². The quantitative estimate of drug-likeness (QED) is 0.331. The fourth-order valence-corrected chi connectivity index (χ4v) is 3.98. The highest BCUT2D eigenvalue weighted by atomic mass is 127. The topological polar surface area (TPSA) is 99.7 Å². The maximum Gasteiger partial charge on any atom is 0.246 e. The van der Waals surface area contributed by atoms with E-state index in [0.29, 0.717) is 24.6 Å². The molecule has 1 aliphatic heterocycles. The van der Waals surface area contributed by atoms with Crippen LogP contribution in [-0.4, -0.2) is 50.9 Å². The number of anilines is 1. The molecule has 25 heavy (non-hydrogen) atoms. The molecule has 0 bridgehead atoms. The van der Waals surface area contributed by atoms with Crippen molar-refractivity contribution in [3.63, 3.8) is 0 Å². The highest BCUT2D eigenvalue weighted by Gasteiger charge is 2.28. The van der Waals surface area contributed by atoms with Crippen LogP contribution in [0.25, 0.3) is 0 Å². The van der Waals surface area contributed by atoms with E-state index in [1.807, 2.05) is 6.92 Å². The monoisotopic (exact) mass is 484 g/mol. The summed E-state index contributed by atoms with van der Waals surface area (Å²) in [4.78, 5) is 16.0. The van der Waals surface area contributed by atoms with Gasteiger partial charge in [-0.2, -0.15) is 0 Å². The fraction of sp³-hybridized carbons (Fsp3) is 0.467. The van der Waals surface area contributed by atoms with Gasteiger partial charge in [-0.05, 0) is 37.6 Å². The van der Waals surface area contributed by atoms with Crippen LogP contribution in [0.5, 0.6) is 0 Å². The number of amides is 1. The molecule has 1 atom stereocenters. The number of carbonyl (C=O) groups excluding carboxylic acids is 1. The molecule has 140 valence electrons. The van der Waals surface area contributed by atoms with Crippen LogP contribution in [0.1, 0.15) is 13.3 Å². The lowest BCUT2D eigenvalue weighted by Crippen LogP contribution is -2.44. The zero-order chi connectivity index (χ0) is 17.6. The average molecular weight is 484 g/mol. The van der Waals surface area contributed by atoms with E-state index in [4.69, 9.17) is 0 Å². The number of guanidine groups is 1. The first kappa shape index (κ1) is 21.6. The minimum absolute atomic E-state index is 0. The van der Waals surface area contributed by atoms with Gasteiger partial charge in [0.05, 0.1) is 11.5 Å². The minimum Gasteiger partial charge on any atom is -0.357 e. The summed E-state index contributed by atoms with van der Waals surface area (Å²) < 4.78 is 35.8. The Labute approximate surface area is 163 Å². The molecular formula is C15H22FIN4O3S. The van der Waals surface area contributed by atoms with Gasteiger partial charge in [-0.15, -0.1) is 24.0 Å². The summed E-state index contributed by atoms with van der Waals surface area (Å²) in [7, 11) is -2.99.